The fraction of sp³-hybridized carbons (Fsp3) is 0.294. The van der Waals surface area contributed by atoms with Crippen LogP contribution in [0.4, 0.5) is 4.39 Å². The van der Waals surface area contributed by atoms with Crippen molar-refractivity contribution in [2.75, 3.05) is 7.11 Å². The Kier molecular flexibility index (Phi) is 4.00. The van der Waals surface area contributed by atoms with Crippen LogP contribution in [-0.2, 0) is 6.61 Å². The Hall–Kier alpha value is -2.47. The second-order valence-corrected chi connectivity index (χ2v) is 5.66. The Morgan fingerprint density at radius 3 is 2.70 bits per heavy atom. The van der Waals surface area contributed by atoms with E-state index in [-0.39, 0.29) is 18.3 Å². The highest BCUT2D eigenvalue weighted by Gasteiger charge is 2.16. The normalized spacial score (nSPS) is 11.4. The topological polar surface area (TPSA) is 59.7 Å². The zero-order valence-corrected chi connectivity index (χ0v) is 13.2. The number of aliphatic hydroxyl groups is 1. The summed E-state index contributed by atoms with van der Waals surface area (Å²) < 4.78 is 21.1. The summed E-state index contributed by atoms with van der Waals surface area (Å²) in [6.45, 7) is 3.83. The molecule has 0 amide bonds. The van der Waals surface area contributed by atoms with Gasteiger partial charge in [0.05, 0.1) is 13.7 Å². The molecule has 2 aromatic heterocycles. The minimum absolute atomic E-state index is 0.149. The highest BCUT2D eigenvalue weighted by atomic mass is 19.1. The number of nitrogens with zero attached hydrogens (tertiary/aromatic N) is 3. The molecule has 2 heterocycles. The van der Waals surface area contributed by atoms with E-state index >= 15 is 0 Å². The number of pyridine rings is 1. The highest BCUT2D eigenvalue weighted by molar-refractivity contribution is 5.79. The van der Waals surface area contributed by atoms with Crippen LogP contribution in [-0.4, -0.2) is 26.8 Å². The minimum Gasteiger partial charge on any atom is -0.497 e. The summed E-state index contributed by atoms with van der Waals surface area (Å²) >= 11 is 0. The summed E-state index contributed by atoms with van der Waals surface area (Å²) in [5.74, 6) is 0.995. The molecule has 0 saturated heterocycles. The molecule has 0 atom stereocenters. The number of methoxy groups -OCH3 is 1. The number of aromatic nitrogens is 3. The predicted molar refractivity (Wildman–Crippen MR) is 84.9 cm³/mol. The Bertz CT molecular complexity index is 858. The standard InChI is InChI=1S/C17H18FN3O2/c1-10(2)16-19-17-14(6-11(9-22)8-21(17)20-16)13-7-12(23-3)4-5-15(13)18/h4-8,10,22H,9H2,1-3H3. The van der Waals surface area contributed by atoms with Crippen molar-refractivity contribution in [3.8, 4) is 16.9 Å². The largest absolute Gasteiger partial charge is 0.497 e. The SMILES string of the molecule is COc1ccc(F)c(-c2cc(CO)cn3nc(C(C)C)nc23)c1. The molecular formula is C17H18FN3O2. The van der Waals surface area contributed by atoms with Gasteiger partial charge in [-0.15, -0.1) is 0 Å². The quantitative estimate of drug-likeness (QED) is 0.803. The van der Waals surface area contributed by atoms with Crippen molar-refractivity contribution in [3.05, 3.63) is 47.7 Å². The zero-order valence-electron chi connectivity index (χ0n) is 13.2. The monoisotopic (exact) mass is 315 g/mol. The van der Waals surface area contributed by atoms with Crippen LogP contribution in [0, 0.1) is 5.82 Å². The predicted octanol–water partition coefficient (Wildman–Crippen LogP) is 3.16. The number of aliphatic hydroxyl groups excluding tert-OH is 1. The van der Waals surface area contributed by atoms with Gasteiger partial charge in [0, 0.05) is 23.2 Å². The fourth-order valence-electron chi connectivity index (χ4n) is 2.42. The molecule has 0 bridgehead atoms. The van der Waals surface area contributed by atoms with Gasteiger partial charge < -0.3 is 9.84 Å². The number of hydrogen-bond acceptors (Lipinski definition) is 4. The summed E-state index contributed by atoms with van der Waals surface area (Å²) in [4.78, 5) is 4.52. The van der Waals surface area contributed by atoms with Gasteiger partial charge in [0.15, 0.2) is 11.5 Å². The van der Waals surface area contributed by atoms with Gasteiger partial charge in [-0.1, -0.05) is 13.8 Å². The summed E-state index contributed by atoms with van der Waals surface area (Å²) in [6.07, 6.45) is 1.70. The molecule has 0 fully saturated rings. The first-order valence-electron chi connectivity index (χ1n) is 7.37. The van der Waals surface area contributed by atoms with Gasteiger partial charge in [-0.05, 0) is 29.8 Å². The van der Waals surface area contributed by atoms with E-state index in [0.717, 1.165) is 0 Å². The molecule has 120 valence electrons. The van der Waals surface area contributed by atoms with Gasteiger partial charge in [-0.2, -0.15) is 5.10 Å². The van der Waals surface area contributed by atoms with Crippen molar-refractivity contribution >= 4 is 5.65 Å². The van der Waals surface area contributed by atoms with Gasteiger partial charge in [-0.25, -0.2) is 13.9 Å². The zero-order chi connectivity index (χ0) is 16.6. The fourth-order valence-corrected chi connectivity index (χ4v) is 2.42. The van der Waals surface area contributed by atoms with Crippen molar-refractivity contribution in [1.29, 1.82) is 0 Å². The molecule has 0 radical (unpaired) electrons. The summed E-state index contributed by atoms with van der Waals surface area (Å²) in [7, 11) is 1.53. The highest BCUT2D eigenvalue weighted by Crippen LogP contribution is 2.31. The molecule has 0 aliphatic rings. The molecule has 0 unspecified atom stereocenters. The number of ether oxygens (including phenoxy) is 1. The third-order valence-corrected chi connectivity index (χ3v) is 3.67. The van der Waals surface area contributed by atoms with E-state index in [1.54, 1.807) is 28.9 Å². The molecule has 23 heavy (non-hydrogen) atoms. The Labute approximate surface area is 133 Å². The molecule has 0 saturated carbocycles. The van der Waals surface area contributed by atoms with Gasteiger partial charge >= 0.3 is 0 Å². The molecule has 0 aliphatic heterocycles. The van der Waals surface area contributed by atoms with E-state index in [1.807, 2.05) is 13.8 Å². The van der Waals surface area contributed by atoms with Crippen molar-refractivity contribution in [2.45, 2.75) is 26.4 Å². The lowest BCUT2D eigenvalue weighted by Gasteiger charge is -2.09. The number of rotatable bonds is 4. The van der Waals surface area contributed by atoms with Crippen LogP contribution in [0.25, 0.3) is 16.8 Å². The van der Waals surface area contributed by atoms with Crippen LogP contribution in [0.3, 0.4) is 0 Å². The second kappa shape index (κ2) is 5.96. The number of halogens is 1. The molecule has 5 nitrogen and oxygen atoms in total. The lowest BCUT2D eigenvalue weighted by atomic mass is 10.0. The summed E-state index contributed by atoms with van der Waals surface area (Å²) in [5, 5.41) is 13.9. The van der Waals surface area contributed by atoms with Crippen molar-refractivity contribution in [1.82, 2.24) is 14.6 Å². The van der Waals surface area contributed by atoms with Gasteiger partial charge in [0.25, 0.3) is 0 Å². The Balaban J connectivity index is 2.31. The lowest BCUT2D eigenvalue weighted by Crippen LogP contribution is -1.97. The molecule has 1 N–H and O–H groups in total. The maximum absolute atomic E-state index is 14.3. The molecule has 1 aromatic carbocycles. The van der Waals surface area contributed by atoms with Crippen LogP contribution in [0.2, 0.25) is 0 Å². The van der Waals surface area contributed by atoms with Crippen LogP contribution < -0.4 is 4.74 Å². The van der Waals surface area contributed by atoms with Crippen LogP contribution in [0.1, 0.15) is 31.2 Å². The van der Waals surface area contributed by atoms with E-state index in [9.17, 15) is 9.50 Å². The third kappa shape index (κ3) is 2.77. The molecule has 6 heteroatoms. The van der Waals surface area contributed by atoms with Gasteiger partial charge in [0.2, 0.25) is 0 Å². The first kappa shape index (κ1) is 15.4. The maximum Gasteiger partial charge on any atom is 0.163 e. The average molecular weight is 315 g/mol. The molecule has 0 spiro atoms. The number of fused-ring (bicyclic) bond motifs is 1. The maximum atomic E-state index is 14.3. The first-order chi connectivity index (χ1) is 11.0. The summed E-state index contributed by atoms with van der Waals surface area (Å²) in [6, 6.07) is 6.27. The number of benzene rings is 1. The first-order valence-corrected chi connectivity index (χ1v) is 7.37. The van der Waals surface area contributed by atoms with E-state index < -0.39 is 0 Å². The second-order valence-electron chi connectivity index (χ2n) is 5.66. The Morgan fingerprint density at radius 1 is 1.26 bits per heavy atom. The minimum atomic E-state index is -0.378. The molecule has 3 aromatic rings. The van der Waals surface area contributed by atoms with Gasteiger partial charge in [0.1, 0.15) is 11.6 Å². The van der Waals surface area contributed by atoms with Gasteiger partial charge in [-0.3, -0.25) is 0 Å². The molecular weight excluding hydrogens is 297 g/mol. The van der Waals surface area contributed by atoms with E-state index in [1.165, 1.54) is 13.2 Å². The lowest BCUT2D eigenvalue weighted by molar-refractivity contribution is 0.281. The van der Waals surface area contributed by atoms with Crippen molar-refractivity contribution in [2.24, 2.45) is 0 Å². The average Bonchev–Trinajstić information content (AvgIpc) is 2.98. The van der Waals surface area contributed by atoms with Crippen LogP contribution >= 0.6 is 0 Å². The van der Waals surface area contributed by atoms with E-state index in [2.05, 4.69) is 10.1 Å². The molecule has 0 aliphatic carbocycles. The molecule has 3 rings (SSSR count). The number of hydrogen-bond donors (Lipinski definition) is 1. The van der Waals surface area contributed by atoms with E-state index in [0.29, 0.717) is 33.9 Å². The van der Waals surface area contributed by atoms with Crippen molar-refractivity contribution in [3.63, 3.8) is 0 Å². The van der Waals surface area contributed by atoms with Crippen LogP contribution in [0.5, 0.6) is 5.75 Å². The Morgan fingerprint density at radius 2 is 2.04 bits per heavy atom. The van der Waals surface area contributed by atoms with Crippen LogP contribution in [0.15, 0.2) is 30.5 Å². The van der Waals surface area contributed by atoms with Crippen molar-refractivity contribution < 1.29 is 14.2 Å². The summed E-state index contributed by atoms with van der Waals surface area (Å²) in [5.41, 5.74) is 2.13. The van der Waals surface area contributed by atoms with E-state index in [4.69, 9.17) is 4.74 Å². The smallest absolute Gasteiger partial charge is 0.163 e. The third-order valence-electron chi connectivity index (χ3n) is 3.67.